The van der Waals surface area contributed by atoms with Crippen molar-refractivity contribution in [3.8, 4) is 0 Å². The van der Waals surface area contributed by atoms with Crippen molar-refractivity contribution in [2.24, 2.45) is 0 Å². The summed E-state index contributed by atoms with van der Waals surface area (Å²) in [5.74, 6) is 0.129. The quantitative estimate of drug-likeness (QED) is 0.783. The van der Waals surface area contributed by atoms with Gasteiger partial charge in [0.15, 0.2) is 0 Å². The molecule has 1 saturated heterocycles. The van der Waals surface area contributed by atoms with Gasteiger partial charge in [-0.05, 0) is 13.3 Å². The molecule has 0 spiro atoms. The van der Waals surface area contributed by atoms with Gasteiger partial charge < -0.3 is 15.0 Å². The van der Waals surface area contributed by atoms with E-state index in [0.717, 1.165) is 26.1 Å². The zero-order valence-corrected chi connectivity index (χ0v) is 10.5. The smallest absolute Gasteiger partial charge is 0.251 e. The largest absolute Gasteiger partial charge is 0.372 e. The number of hydrogen-bond donors (Lipinski definition) is 1. The Labute approximate surface area is 97.8 Å². The SMILES string of the molecule is CCC(OC)C(=O)N1CCNCC1C.Cl. The summed E-state index contributed by atoms with van der Waals surface area (Å²) in [5, 5.41) is 3.26. The van der Waals surface area contributed by atoms with Crippen LogP contribution in [0.25, 0.3) is 0 Å². The van der Waals surface area contributed by atoms with Crippen molar-refractivity contribution in [1.29, 1.82) is 0 Å². The second-order valence-electron chi connectivity index (χ2n) is 3.72. The third kappa shape index (κ3) is 3.63. The number of carbonyl (C=O) groups excluding carboxylic acids is 1. The molecule has 1 aliphatic rings. The number of nitrogens with zero attached hydrogens (tertiary/aromatic N) is 1. The van der Waals surface area contributed by atoms with Crippen LogP contribution in [0.15, 0.2) is 0 Å². The lowest BCUT2D eigenvalue weighted by Crippen LogP contribution is -2.55. The first-order valence-corrected chi connectivity index (χ1v) is 5.24. The van der Waals surface area contributed by atoms with Crippen molar-refractivity contribution < 1.29 is 9.53 Å². The first kappa shape index (κ1) is 14.7. The molecule has 1 fully saturated rings. The van der Waals surface area contributed by atoms with Crippen LogP contribution >= 0.6 is 12.4 Å². The average molecular weight is 237 g/mol. The molecule has 0 aromatic carbocycles. The fraction of sp³-hybridized carbons (Fsp3) is 0.900. The van der Waals surface area contributed by atoms with Gasteiger partial charge in [0.05, 0.1) is 0 Å². The van der Waals surface area contributed by atoms with Crippen LogP contribution in [0.2, 0.25) is 0 Å². The molecule has 5 heteroatoms. The molecule has 1 aliphatic heterocycles. The summed E-state index contributed by atoms with van der Waals surface area (Å²) in [5.41, 5.74) is 0. The molecular formula is C10H21ClN2O2. The van der Waals surface area contributed by atoms with Gasteiger partial charge in [0.25, 0.3) is 5.91 Å². The van der Waals surface area contributed by atoms with Crippen LogP contribution in [0.5, 0.6) is 0 Å². The molecule has 0 aromatic heterocycles. The molecule has 2 atom stereocenters. The Bertz CT molecular complexity index is 198. The minimum atomic E-state index is -0.268. The lowest BCUT2D eigenvalue weighted by molar-refractivity contribution is -0.145. The van der Waals surface area contributed by atoms with Gasteiger partial charge in [-0.25, -0.2) is 0 Å². The lowest BCUT2D eigenvalue weighted by Gasteiger charge is -2.35. The monoisotopic (exact) mass is 236 g/mol. The highest BCUT2D eigenvalue weighted by atomic mass is 35.5. The molecule has 1 amide bonds. The number of amides is 1. The van der Waals surface area contributed by atoms with Crippen molar-refractivity contribution in [2.45, 2.75) is 32.4 Å². The van der Waals surface area contributed by atoms with Crippen molar-refractivity contribution in [3.05, 3.63) is 0 Å². The van der Waals surface area contributed by atoms with E-state index in [1.54, 1.807) is 7.11 Å². The number of halogens is 1. The number of nitrogens with one attached hydrogen (secondary N) is 1. The molecule has 90 valence electrons. The van der Waals surface area contributed by atoms with Gasteiger partial charge in [-0.3, -0.25) is 4.79 Å². The van der Waals surface area contributed by atoms with E-state index in [4.69, 9.17) is 4.74 Å². The summed E-state index contributed by atoms with van der Waals surface area (Å²) in [6.07, 6.45) is 0.474. The Morgan fingerprint density at radius 3 is 2.80 bits per heavy atom. The summed E-state index contributed by atoms with van der Waals surface area (Å²) < 4.78 is 5.15. The molecular weight excluding hydrogens is 216 g/mol. The van der Waals surface area contributed by atoms with Crippen molar-refractivity contribution >= 4 is 18.3 Å². The van der Waals surface area contributed by atoms with Crippen molar-refractivity contribution in [1.82, 2.24) is 10.2 Å². The Hall–Kier alpha value is -0.320. The topological polar surface area (TPSA) is 41.6 Å². The van der Waals surface area contributed by atoms with Gasteiger partial charge in [0, 0.05) is 32.8 Å². The standard InChI is InChI=1S/C10H20N2O2.ClH/c1-4-9(14-3)10(13)12-6-5-11-7-8(12)2;/h8-9,11H,4-7H2,1-3H3;1H. The van der Waals surface area contributed by atoms with Crippen molar-refractivity contribution in [3.63, 3.8) is 0 Å². The maximum Gasteiger partial charge on any atom is 0.251 e. The Morgan fingerprint density at radius 1 is 1.67 bits per heavy atom. The molecule has 0 aromatic rings. The molecule has 1 heterocycles. The third-order valence-corrected chi connectivity index (χ3v) is 2.72. The van der Waals surface area contributed by atoms with Crippen LogP contribution in [0.1, 0.15) is 20.3 Å². The van der Waals surface area contributed by atoms with Crippen LogP contribution in [-0.4, -0.2) is 49.7 Å². The van der Waals surface area contributed by atoms with Gasteiger partial charge in [-0.1, -0.05) is 6.92 Å². The fourth-order valence-electron chi connectivity index (χ4n) is 1.80. The highest BCUT2D eigenvalue weighted by molar-refractivity contribution is 5.85. The minimum Gasteiger partial charge on any atom is -0.372 e. The van der Waals surface area contributed by atoms with E-state index < -0.39 is 0 Å². The molecule has 0 saturated carbocycles. The minimum absolute atomic E-state index is 0. The summed E-state index contributed by atoms with van der Waals surface area (Å²) >= 11 is 0. The molecule has 1 N–H and O–H groups in total. The van der Waals surface area contributed by atoms with E-state index in [0.29, 0.717) is 0 Å². The van der Waals surface area contributed by atoms with Crippen LogP contribution < -0.4 is 5.32 Å². The number of methoxy groups -OCH3 is 1. The summed E-state index contributed by atoms with van der Waals surface area (Å²) in [4.78, 5) is 13.9. The molecule has 2 unspecified atom stereocenters. The number of carbonyl (C=O) groups is 1. The fourth-order valence-corrected chi connectivity index (χ4v) is 1.80. The van der Waals surface area contributed by atoms with Crippen LogP contribution in [0.4, 0.5) is 0 Å². The molecule has 0 bridgehead atoms. The number of ether oxygens (including phenoxy) is 1. The Balaban J connectivity index is 0.00000196. The third-order valence-electron chi connectivity index (χ3n) is 2.72. The average Bonchev–Trinajstić information content (AvgIpc) is 2.20. The molecule has 0 radical (unpaired) electrons. The zero-order chi connectivity index (χ0) is 10.6. The normalized spacial score (nSPS) is 23.1. The first-order valence-electron chi connectivity index (χ1n) is 5.24. The van der Waals surface area contributed by atoms with Crippen molar-refractivity contribution in [2.75, 3.05) is 26.7 Å². The zero-order valence-electron chi connectivity index (χ0n) is 9.66. The van der Waals surface area contributed by atoms with Gasteiger partial charge in [0.1, 0.15) is 6.10 Å². The van der Waals surface area contributed by atoms with Crippen LogP contribution in [-0.2, 0) is 9.53 Å². The second-order valence-corrected chi connectivity index (χ2v) is 3.72. The van der Waals surface area contributed by atoms with E-state index in [1.165, 1.54) is 0 Å². The summed E-state index contributed by atoms with van der Waals surface area (Å²) in [6, 6.07) is 0.278. The predicted molar refractivity (Wildman–Crippen MR) is 62.4 cm³/mol. The Kier molecular flexibility index (Phi) is 6.89. The van der Waals surface area contributed by atoms with E-state index in [1.807, 2.05) is 11.8 Å². The van der Waals surface area contributed by atoms with Gasteiger partial charge >= 0.3 is 0 Å². The van der Waals surface area contributed by atoms with Gasteiger partial charge in [0.2, 0.25) is 0 Å². The second kappa shape index (κ2) is 7.04. The number of rotatable bonds is 3. The van der Waals surface area contributed by atoms with Crippen LogP contribution in [0, 0.1) is 0 Å². The van der Waals surface area contributed by atoms with Gasteiger partial charge in [-0.2, -0.15) is 0 Å². The molecule has 1 rings (SSSR count). The molecule has 15 heavy (non-hydrogen) atoms. The first-order chi connectivity index (χ1) is 6.70. The molecule has 4 nitrogen and oxygen atoms in total. The van der Waals surface area contributed by atoms with Crippen LogP contribution in [0.3, 0.4) is 0 Å². The summed E-state index contributed by atoms with van der Waals surface area (Å²) in [6.45, 7) is 6.59. The van der Waals surface area contributed by atoms with E-state index in [-0.39, 0.29) is 30.5 Å². The lowest BCUT2D eigenvalue weighted by atomic mass is 10.1. The van der Waals surface area contributed by atoms with E-state index in [9.17, 15) is 4.79 Å². The maximum atomic E-state index is 11.9. The number of piperazine rings is 1. The maximum absolute atomic E-state index is 11.9. The summed E-state index contributed by atoms with van der Waals surface area (Å²) in [7, 11) is 1.60. The van der Waals surface area contributed by atoms with E-state index >= 15 is 0 Å². The predicted octanol–water partition coefficient (Wildman–Crippen LogP) is 0.654. The number of hydrogen-bond acceptors (Lipinski definition) is 3. The van der Waals surface area contributed by atoms with E-state index in [2.05, 4.69) is 12.2 Å². The highest BCUT2D eigenvalue weighted by Crippen LogP contribution is 2.08. The molecule has 0 aliphatic carbocycles. The Morgan fingerprint density at radius 2 is 2.33 bits per heavy atom. The van der Waals surface area contributed by atoms with Gasteiger partial charge in [-0.15, -0.1) is 12.4 Å². The highest BCUT2D eigenvalue weighted by Gasteiger charge is 2.27.